The van der Waals surface area contributed by atoms with Gasteiger partial charge in [0.2, 0.25) is 0 Å². The van der Waals surface area contributed by atoms with Gasteiger partial charge in [0.25, 0.3) is 5.56 Å². The number of benzene rings is 1. The van der Waals surface area contributed by atoms with Crippen LogP contribution in [0.25, 0.3) is 0 Å². The Labute approximate surface area is 107 Å². The first-order valence-electron chi connectivity index (χ1n) is 5.12. The topological polar surface area (TPSA) is 72.2 Å². The number of rotatable bonds is 3. The van der Waals surface area contributed by atoms with E-state index in [1.54, 1.807) is 24.3 Å². The fraction of sp³-hybridized carbons (Fsp3) is 0.0833. The largest absolute Gasteiger partial charge is 0.477 e. The predicted octanol–water partition coefficient (Wildman–Crippen LogP) is 1.64. The van der Waals surface area contributed by atoms with Gasteiger partial charge in [-0.2, -0.15) is 5.10 Å². The molecule has 0 amide bonds. The normalized spacial score (nSPS) is 10.3. The van der Waals surface area contributed by atoms with Crippen molar-refractivity contribution in [3.63, 3.8) is 0 Å². The van der Waals surface area contributed by atoms with Crippen LogP contribution in [0.5, 0.6) is 0 Å². The highest BCUT2D eigenvalue weighted by molar-refractivity contribution is 6.31. The van der Waals surface area contributed by atoms with Crippen LogP contribution in [-0.4, -0.2) is 20.9 Å². The van der Waals surface area contributed by atoms with E-state index in [1.807, 2.05) is 0 Å². The molecule has 0 atom stereocenters. The van der Waals surface area contributed by atoms with Gasteiger partial charge in [-0.05, 0) is 17.7 Å². The zero-order chi connectivity index (χ0) is 13.1. The molecule has 0 unspecified atom stereocenters. The number of nitrogens with zero attached hydrogens (tertiary/aromatic N) is 2. The molecule has 0 aliphatic heterocycles. The first-order chi connectivity index (χ1) is 8.59. The first kappa shape index (κ1) is 12.3. The number of halogens is 1. The summed E-state index contributed by atoms with van der Waals surface area (Å²) in [6, 6.07) is 8.18. The van der Waals surface area contributed by atoms with E-state index < -0.39 is 11.5 Å². The lowest BCUT2D eigenvalue weighted by Crippen LogP contribution is -2.28. The van der Waals surface area contributed by atoms with Crippen LogP contribution in [-0.2, 0) is 6.54 Å². The average Bonchev–Trinajstić information content (AvgIpc) is 2.34. The van der Waals surface area contributed by atoms with Gasteiger partial charge in [-0.1, -0.05) is 29.8 Å². The van der Waals surface area contributed by atoms with Gasteiger partial charge in [0, 0.05) is 11.2 Å². The minimum absolute atomic E-state index is 0.139. The van der Waals surface area contributed by atoms with Crippen molar-refractivity contribution in [1.82, 2.24) is 9.78 Å². The van der Waals surface area contributed by atoms with Gasteiger partial charge in [0.1, 0.15) is 5.56 Å². The number of hydrogen-bond acceptors (Lipinski definition) is 3. The van der Waals surface area contributed by atoms with Crippen LogP contribution in [0.15, 0.2) is 41.3 Å². The maximum Gasteiger partial charge on any atom is 0.341 e. The quantitative estimate of drug-likeness (QED) is 0.915. The van der Waals surface area contributed by atoms with Crippen molar-refractivity contribution >= 4 is 17.6 Å². The summed E-state index contributed by atoms with van der Waals surface area (Å²) < 4.78 is 1.07. The molecule has 1 N–H and O–H groups in total. The van der Waals surface area contributed by atoms with Crippen LogP contribution in [0, 0.1) is 0 Å². The van der Waals surface area contributed by atoms with Gasteiger partial charge < -0.3 is 5.11 Å². The number of aromatic nitrogens is 2. The van der Waals surface area contributed by atoms with Crippen molar-refractivity contribution < 1.29 is 9.90 Å². The van der Waals surface area contributed by atoms with Gasteiger partial charge in [-0.25, -0.2) is 9.48 Å². The first-order valence-corrected chi connectivity index (χ1v) is 5.50. The van der Waals surface area contributed by atoms with Gasteiger partial charge in [0.05, 0.1) is 6.54 Å². The maximum atomic E-state index is 11.8. The Kier molecular flexibility index (Phi) is 3.43. The molecule has 0 bridgehead atoms. The third kappa shape index (κ3) is 2.41. The highest BCUT2D eigenvalue weighted by Crippen LogP contribution is 2.15. The van der Waals surface area contributed by atoms with Gasteiger partial charge >= 0.3 is 5.97 Å². The molecule has 0 fully saturated rings. The highest BCUT2D eigenvalue weighted by Gasteiger charge is 2.11. The SMILES string of the molecule is O=C(O)c1ccnn(Cc2ccccc2Cl)c1=O. The molecule has 1 heterocycles. The Morgan fingerprint density at radius 3 is 2.72 bits per heavy atom. The molecule has 0 aliphatic rings. The Morgan fingerprint density at radius 1 is 1.33 bits per heavy atom. The third-order valence-corrected chi connectivity index (χ3v) is 2.79. The molecule has 0 radical (unpaired) electrons. The highest BCUT2D eigenvalue weighted by atomic mass is 35.5. The Morgan fingerprint density at radius 2 is 2.06 bits per heavy atom. The van der Waals surface area contributed by atoms with Crippen LogP contribution in [0.3, 0.4) is 0 Å². The average molecular weight is 265 g/mol. The Hall–Kier alpha value is -2.14. The number of carbonyl (C=O) groups is 1. The summed E-state index contributed by atoms with van der Waals surface area (Å²) in [5.74, 6) is -1.27. The zero-order valence-corrected chi connectivity index (χ0v) is 9.96. The third-order valence-electron chi connectivity index (χ3n) is 2.42. The number of hydrogen-bond donors (Lipinski definition) is 1. The predicted molar refractivity (Wildman–Crippen MR) is 66.0 cm³/mol. The summed E-state index contributed by atoms with van der Waals surface area (Å²) in [5.41, 5.74) is -0.252. The van der Waals surface area contributed by atoms with Crippen LogP contribution < -0.4 is 5.56 Å². The van der Waals surface area contributed by atoms with E-state index >= 15 is 0 Å². The van der Waals surface area contributed by atoms with Crippen molar-refractivity contribution in [2.45, 2.75) is 6.54 Å². The molecule has 0 aliphatic carbocycles. The zero-order valence-electron chi connectivity index (χ0n) is 9.21. The standard InChI is InChI=1S/C12H9ClN2O3/c13-10-4-2-1-3-8(10)7-15-11(16)9(12(17)18)5-6-14-15/h1-6H,7H2,(H,17,18). The van der Waals surface area contributed by atoms with E-state index in [-0.39, 0.29) is 12.1 Å². The van der Waals surface area contributed by atoms with E-state index in [0.29, 0.717) is 10.6 Å². The molecule has 2 aromatic rings. The maximum absolute atomic E-state index is 11.8. The van der Waals surface area contributed by atoms with Crippen LogP contribution in [0.2, 0.25) is 5.02 Å². The van der Waals surface area contributed by atoms with Gasteiger partial charge in [0.15, 0.2) is 0 Å². The Balaban J connectivity index is 2.42. The molecule has 0 saturated heterocycles. The minimum atomic E-state index is -1.27. The summed E-state index contributed by atoms with van der Waals surface area (Å²) in [4.78, 5) is 22.6. The summed E-state index contributed by atoms with van der Waals surface area (Å²) in [6.07, 6.45) is 1.28. The van der Waals surface area contributed by atoms with Crippen molar-refractivity contribution in [2.75, 3.05) is 0 Å². The van der Waals surface area contributed by atoms with Crippen molar-refractivity contribution in [3.8, 4) is 0 Å². The number of aromatic carboxylic acids is 1. The molecular formula is C12H9ClN2O3. The Bertz CT molecular complexity index is 652. The van der Waals surface area contributed by atoms with Gasteiger partial charge in [-0.15, -0.1) is 0 Å². The minimum Gasteiger partial charge on any atom is -0.477 e. The lowest BCUT2D eigenvalue weighted by Gasteiger charge is -2.06. The lowest BCUT2D eigenvalue weighted by atomic mass is 10.2. The van der Waals surface area contributed by atoms with Crippen LogP contribution in [0.1, 0.15) is 15.9 Å². The molecule has 1 aromatic carbocycles. The fourth-order valence-electron chi connectivity index (χ4n) is 1.51. The van der Waals surface area contributed by atoms with E-state index in [1.165, 1.54) is 12.3 Å². The van der Waals surface area contributed by atoms with Crippen molar-refractivity contribution in [2.24, 2.45) is 0 Å². The van der Waals surface area contributed by atoms with Crippen LogP contribution >= 0.6 is 11.6 Å². The van der Waals surface area contributed by atoms with Crippen molar-refractivity contribution in [3.05, 3.63) is 63.0 Å². The summed E-state index contributed by atoms with van der Waals surface area (Å²) >= 11 is 5.97. The van der Waals surface area contributed by atoms with E-state index in [9.17, 15) is 9.59 Å². The summed E-state index contributed by atoms with van der Waals surface area (Å²) in [7, 11) is 0. The monoisotopic (exact) mass is 264 g/mol. The number of carboxylic acid groups (broad SMARTS) is 1. The molecule has 18 heavy (non-hydrogen) atoms. The van der Waals surface area contributed by atoms with Crippen molar-refractivity contribution in [1.29, 1.82) is 0 Å². The molecule has 6 heteroatoms. The fourth-order valence-corrected chi connectivity index (χ4v) is 1.71. The van der Waals surface area contributed by atoms with Gasteiger partial charge in [-0.3, -0.25) is 4.79 Å². The molecular weight excluding hydrogens is 256 g/mol. The van der Waals surface area contributed by atoms with E-state index in [4.69, 9.17) is 16.7 Å². The second kappa shape index (κ2) is 5.01. The smallest absolute Gasteiger partial charge is 0.341 e. The molecule has 0 spiro atoms. The molecule has 1 aromatic heterocycles. The second-order valence-corrected chi connectivity index (χ2v) is 4.01. The summed E-state index contributed by atoms with van der Waals surface area (Å²) in [6.45, 7) is 0.139. The van der Waals surface area contributed by atoms with E-state index in [0.717, 1.165) is 4.68 Å². The second-order valence-electron chi connectivity index (χ2n) is 3.60. The molecule has 0 saturated carbocycles. The number of carboxylic acids is 1. The molecule has 5 nitrogen and oxygen atoms in total. The van der Waals surface area contributed by atoms with Crippen LogP contribution in [0.4, 0.5) is 0 Å². The molecule has 2 rings (SSSR count). The van der Waals surface area contributed by atoms with E-state index in [2.05, 4.69) is 5.10 Å². The summed E-state index contributed by atoms with van der Waals surface area (Å²) in [5, 5.41) is 13.2. The molecule has 92 valence electrons. The lowest BCUT2D eigenvalue weighted by molar-refractivity contribution is 0.0693.